The monoisotopic (exact) mass is 960 g/mol. The molecule has 0 aliphatic heterocycles. The summed E-state index contributed by atoms with van der Waals surface area (Å²) < 4.78 is 0. The fourth-order valence-electron chi connectivity index (χ4n) is 12.1. The third-order valence-corrected chi connectivity index (χ3v) is 16.0. The van der Waals surface area contributed by atoms with E-state index in [1.807, 2.05) is 0 Å². The summed E-state index contributed by atoms with van der Waals surface area (Å²) in [4.78, 5) is 0. The first-order chi connectivity index (χ1) is 37.6. The highest BCUT2D eigenvalue weighted by atomic mass is 14.2. The minimum atomic E-state index is 1.19. The number of benzene rings is 15. The largest absolute Gasteiger partial charge is 0.0622 e. The Morgan fingerprint density at radius 2 is 0.395 bits per heavy atom. The first kappa shape index (κ1) is 43.7. The van der Waals surface area contributed by atoms with Crippen LogP contribution < -0.4 is 0 Å². The fraction of sp³-hybridized carbons (Fsp3) is 0. The summed E-state index contributed by atoms with van der Waals surface area (Å²) >= 11 is 0. The van der Waals surface area contributed by atoms with E-state index in [0.717, 1.165) is 0 Å². The van der Waals surface area contributed by atoms with Crippen LogP contribution in [0.5, 0.6) is 0 Å². The van der Waals surface area contributed by atoms with Crippen molar-refractivity contribution < 1.29 is 0 Å². The van der Waals surface area contributed by atoms with Crippen molar-refractivity contribution >= 4 is 64.6 Å². The highest BCUT2D eigenvalue weighted by Crippen LogP contribution is 2.49. The van der Waals surface area contributed by atoms with Crippen molar-refractivity contribution in [1.29, 1.82) is 0 Å². The molecule has 0 atom stereocenters. The standard InChI is InChI=1S/C76H48/c1-2-11-49(12-3-1)62-19-10-20-66(46-62)74-48-73(58-34-25-55(26-35-58)65-38-29-52-15-6-9-18-61(52)45-65)69-40-39-67-71(56-30-21-53(22-31-56)63-36-27-50-13-4-7-16-59(50)43-63)47-72(68-41-42-70(74)76(69)75(67)68)57-32-23-54(24-33-57)64-37-28-51-14-5-8-17-60(51)44-64/h1-48H. The molecule has 15 rings (SSSR count). The van der Waals surface area contributed by atoms with Gasteiger partial charge in [-0.05, 0) is 190 Å². The van der Waals surface area contributed by atoms with Crippen LogP contribution in [0.2, 0.25) is 0 Å². The number of hydrogen-bond acceptors (Lipinski definition) is 0. The van der Waals surface area contributed by atoms with Crippen molar-refractivity contribution in [2.45, 2.75) is 0 Å². The van der Waals surface area contributed by atoms with Crippen LogP contribution >= 0.6 is 0 Å². The van der Waals surface area contributed by atoms with Crippen molar-refractivity contribution in [2.75, 3.05) is 0 Å². The quantitative estimate of drug-likeness (QED) is 0.133. The smallest absolute Gasteiger partial charge is 0.00139 e. The zero-order chi connectivity index (χ0) is 50.1. The maximum atomic E-state index is 2.45. The van der Waals surface area contributed by atoms with Crippen molar-refractivity contribution in [2.24, 2.45) is 0 Å². The van der Waals surface area contributed by atoms with E-state index in [9.17, 15) is 0 Å². The second-order valence-corrected chi connectivity index (χ2v) is 20.4. The number of hydrogen-bond donors (Lipinski definition) is 0. The lowest BCUT2D eigenvalue weighted by molar-refractivity contribution is 1.59. The normalized spacial score (nSPS) is 11.7. The summed E-state index contributed by atoms with van der Waals surface area (Å²) in [5.74, 6) is 0. The van der Waals surface area contributed by atoms with Crippen molar-refractivity contribution in [3.63, 3.8) is 0 Å². The summed E-state index contributed by atoms with van der Waals surface area (Å²) in [5.41, 5.74) is 19.3. The summed E-state index contributed by atoms with van der Waals surface area (Å²) in [6, 6.07) is 108. The molecule has 0 bridgehead atoms. The Morgan fingerprint density at radius 1 is 0.132 bits per heavy atom. The van der Waals surface area contributed by atoms with Crippen LogP contribution in [0.1, 0.15) is 0 Å². The van der Waals surface area contributed by atoms with Gasteiger partial charge < -0.3 is 0 Å². The molecule has 76 heavy (non-hydrogen) atoms. The average Bonchev–Trinajstić information content (AvgIpc) is 3.53. The van der Waals surface area contributed by atoms with Gasteiger partial charge in [-0.15, -0.1) is 0 Å². The van der Waals surface area contributed by atoms with E-state index in [1.165, 1.54) is 154 Å². The summed E-state index contributed by atoms with van der Waals surface area (Å²) in [6.45, 7) is 0. The zero-order valence-electron chi connectivity index (χ0n) is 41.7. The Kier molecular flexibility index (Phi) is 10.3. The van der Waals surface area contributed by atoms with E-state index < -0.39 is 0 Å². The number of rotatable bonds is 8. The van der Waals surface area contributed by atoms with Crippen LogP contribution in [0.25, 0.3) is 154 Å². The van der Waals surface area contributed by atoms with Gasteiger partial charge in [-0.25, -0.2) is 0 Å². The van der Waals surface area contributed by atoms with Crippen molar-refractivity contribution in [3.8, 4) is 89.0 Å². The minimum Gasteiger partial charge on any atom is -0.0622 e. The van der Waals surface area contributed by atoms with Gasteiger partial charge in [0.2, 0.25) is 0 Å². The Hall–Kier alpha value is -9.88. The molecule has 0 aromatic heterocycles. The summed E-state index contributed by atoms with van der Waals surface area (Å²) in [7, 11) is 0. The molecular weight excluding hydrogens is 913 g/mol. The Bertz CT molecular complexity index is 4550. The third-order valence-electron chi connectivity index (χ3n) is 16.0. The molecule has 0 amide bonds. The Morgan fingerprint density at radius 3 is 0.776 bits per heavy atom. The molecule has 0 aliphatic rings. The van der Waals surface area contributed by atoms with Gasteiger partial charge in [-0.1, -0.05) is 255 Å². The molecule has 0 heterocycles. The molecule has 0 heteroatoms. The first-order valence-electron chi connectivity index (χ1n) is 26.4. The van der Waals surface area contributed by atoms with Crippen molar-refractivity contribution in [3.05, 3.63) is 291 Å². The Labute approximate surface area is 442 Å². The molecule has 0 nitrogen and oxygen atoms in total. The molecule has 0 saturated carbocycles. The fourth-order valence-corrected chi connectivity index (χ4v) is 12.1. The SMILES string of the molecule is c1ccc(-c2cccc(-c3cc(-c4ccc(-c5ccc6ccccc6c5)cc4)c4ccc5c(-c6ccc(-c7ccc8ccccc8c7)cc6)cc(-c6ccc(-c7ccc8ccccc8c7)cc6)c6ccc3c4c56)c2)cc1. The maximum absolute atomic E-state index is 2.45. The van der Waals surface area contributed by atoms with Crippen LogP contribution in [-0.4, -0.2) is 0 Å². The van der Waals surface area contributed by atoms with E-state index >= 15 is 0 Å². The number of fused-ring (bicyclic) bond motifs is 3. The summed E-state index contributed by atoms with van der Waals surface area (Å²) in [5, 5.41) is 15.1. The lowest BCUT2D eigenvalue weighted by Gasteiger charge is -2.22. The highest BCUT2D eigenvalue weighted by Gasteiger charge is 2.22. The zero-order valence-corrected chi connectivity index (χ0v) is 41.7. The lowest BCUT2D eigenvalue weighted by atomic mass is 9.81. The molecule has 0 unspecified atom stereocenters. The molecule has 0 aliphatic carbocycles. The van der Waals surface area contributed by atoms with E-state index in [0.29, 0.717) is 0 Å². The first-order valence-corrected chi connectivity index (χ1v) is 26.4. The van der Waals surface area contributed by atoms with Gasteiger partial charge in [0.25, 0.3) is 0 Å². The third kappa shape index (κ3) is 7.54. The van der Waals surface area contributed by atoms with Gasteiger partial charge in [0.1, 0.15) is 0 Å². The van der Waals surface area contributed by atoms with Gasteiger partial charge in [0.15, 0.2) is 0 Å². The van der Waals surface area contributed by atoms with E-state index in [1.54, 1.807) is 0 Å². The molecule has 15 aromatic carbocycles. The van der Waals surface area contributed by atoms with Crippen LogP contribution in [0, 0.1) is 0 Å². The molecule has 0 saturated heterocycles. The van der Waals surface area contributed by atoms with E-state index in [-0.39, 0.29) is 0 Å². The predicted molar refractivity (Wildman–Crippen MR) is 326 cm³/mol. The van der Waals surface area contributed by atoms with Crippen LogP contribution in [0.3, 0.4) is 0 Å². The molecule has 0 fully saturated rings. The topological polar surface area (TPSA) is 0 Å². The molecular formula is C76H48. The maximum Gasteiger partial charge on any atom is -0.00139 e. The van der Waals surface area contributed by atoms with Crippen LogP contribution in [0.4, 0.5) is 0 Å². The molecule has 0 N–H and O–H groups in total. The van der Waals surface area contributed by atoms with Gasteiger partial charge in [-0.2, -0.15) is 0 Å². The predicted octanol–water partition coefficient (Wildman–Crippen LogP) is 21.4. The van der Waals surface area contributed by atoms with Crippen LogP contribution in [-0.2, 0) is 0 Å². The van der Waals surface area contributed by atoms with E-state index in [2.05, 4.69) is 291 Å². The average molecular weight is 961 g/mol. The van der Waals surface area contributed by atoms with Crippen molar-refractivity contribution in [1.82, 2.24) is 0 Å². The van der Waals surface area contributed by atoms with E-state index in [4.69, 9.17) is 0 Å². The molecule has 15 aromatic rings. The highest BCUT2D eigenvalue weighted by molar-refractivity contribution is 6.32. The van der Waals surface area contributed by atoms with Crippen LogP contribution in [0.15, 0.2) is 291 Å². The Balaban J connectivity index is 0.954. The second-order valence-electron chi connectivity index (χ2n) is 20.4. The second kappa shape index (κ2) is 18.0. The molecule has 0 spiro atoms. The van der Waals surface area contributed by atoms with Gasteiger partial charge in [0, 0.05) is 0 Å². The lowest BCUT2D eigenvalue weighted by Crippen LogP contribution is -1.94. The summed E-state index contributed by atoms with van der Waals surface area (Å²) in [6.07, 6.45) is 0. The van der Waals surface area contributed by atoms with Gasteiger partial charge in [0.05, 0.1) is 0 Å². The minimum absolute atomic E-state index is 1.19. The molecule has 352 valence electrons. The molecule has 0 radical (unpaired) electrons. The van der Waals surface area contributed by atoms with Gasteiger partial charge in [-0.3, -0.25) is 0 Å². The van der Waals surface area contributed by atoms with Gasteiger partial charge >= 0.3 is 0 Å².